The van der Waals surface area contributed by atoms with Gasteiger partial charge in [0.05, 0.1) is 15.0 Å². The zero-order chi connectivity index (χ0) is 10.6. The van der Waals surface area contributed by atoms with Gasteiger partial charge in [-0.1, -0.05) is 30.3 Å². The third kappa shape index (κ3) is 2.72. The van der Waals surface area contributed by atoms with E-state index in [-0.39, 0.29) is 0 Å². The summed E-state index contributed by atoms with van der Waals surface area (Å²) in [6.45, 7) is 2.02. The molecular formula is C11H14OS2. The molecule has 1 atom stereocenters. The van der Waals surface area contributed by atoms with Crippen molar-refractivity contribution in [1.29, 1.82) is 0 Å². The fourth-order valence-electron chi connectivity index (χ4n) is 1.29. The number of thioether (sulfide) groups is 1. The van der Waals surface area contributed by atoms with Crippen molar-refractivity contribution in [3.05, 3.63) is 40.1 Å². The van der Waals surface area contributed by atoms with Crippen molar-refractivity contribution in [3.63, 3.8) is 0 Å². The molecule has 0 aliphatic rings. The lowest BCUT2D eigenvalue weighted by Crippen LogP contribution is -1.91. The van der Waals surface area contributed by atoms with Crippen LogP contribution in [0.15, 0.2) is 34.6 Å². The first-order valence-electron chi connectivity index (χ1n) is 4.30. The number of allylic oxidation sites excluding steroid dienone is 1. The predicted molar refractivity (Wildman–Crippen MR) is 66.6 cm³/mol. The topological polar surface area (TPSA) is 17.1 Å². The predicted octanol–water partition coefficient (Wildman–Crippen LogP) is 3.12. The quantitative estimate of drug-likeness (QED) is 0.787. The van der Waals surface area contributed by atoms with Crippen LogP contribution in [0.5, 0.6) is 0 Å². The molecule has 0 N–H and O–H groups in total. The van der Waals surface area contributed by atoms with Gasteiger partial charge in [0.1, 0.15) is 0 Å². The number of rotatable bonds is 3. The number of benzene rings is 1. The number of hydrogen-bond acceptors (Lipinski definition) is 2. The van der Waals surface area contributed by atoms with Gasteiger partial charge in [-0.05, 0) is 24.3 Å². The Kier molecular flexibility index (Phi) is 4.42. The average Bonchev–Trinajstić information content (AvgIpc) is 2.19. The molecule has 1 aromatic rings. The van der Waals surface area contributed by atoms with Crippen LogP contribution in [0, 0.1) is 0 Å². The van der Waals surface area contributed by atoms with E-state index < -0.39 is 10.8 Å². The number of hydrogen-bond donors (Lipinski definition) is 0. The molecular weight excluding hydrogens is 212 g/mol. The molecule has 14 heavy (non-hydrogen) atoms. The van der Waals surface area contributed by atoms with Gasteiger partial charge in [-0.2, -0.15) is 0 Å². The SMILES string of the molecule is CS/C(=C(/C)c1ccccc1)S(C)=O. The Morgan fingerprint density at radius 2 is 1.86 bits per heavy atom. The van der Waals surface area contributed by atoms with Gasteiger partial charge in [-0.15, -0.1) is 11.8 Å². The van der Waals surface area contributed by atoms with E-state index in [2.05, 4.69) is 0 Å². The van der Waals surface area contributed by atoms with Crippen molar-refractivity contribution >= 4 is 28.1 Å². The molecule has 1 aromatic carbocycles. The molecule has 0 radical (unpaired) electrons. The fraction of sp³-hybridized carbons (Fsp3) is 0.273. The molecule has 76 valence electrons. The summed E-state index contributed by atoms with van der Waals surface area (Å²) >= 11 is 1.56. The highest BCUT2D eigenvalue weighted by atomic mass is 32.2. The van der Waals surface area contributed by atoms with E-state index in [1.165, 1.54) is 0 Å². The monoisotopic (exact) mass is 226 g/mol. The highest BCUT2D eigenvalue weighted by molar-refractivity contribution is 8.16. The molecule has 0 fully saturated rings. The van der Waals surface area contributed by atoms with Gasteiger partial charge < -0.3 is 0 Å². The molecule has 0 aromatic heterocycles. The summed E-state index contributed by atoms with van der Waals surface area (Å²) < 4.78 is 12.4. The molecule has 1 unspecified atom stereocenters. The van der Waals surface area contributed by atoms with Crippen LogP contribution in [0.4, 0.5) is 0 Å². The largest absolute Gasteiger partial charge is 0.254 e. The summed E-state index contributed by atoms with van der Waals surface area (Å²) in [7, 11) is -0.891. The Labute approximate surface area is 92.1 Å². The van der Waals surface area contributed by atoms with Crippen molar-refractivity contribution in [2.24, 2.45) is 0 Å². The van der Waals surface area contributed by atoms with Crippen LogP contribution in [0.25, 0.3) is 5.57 Å². The van der Waals surface area contributed by atoms with Crippen LogP contribution in [0.3, 0.4) is 0 Å². The Hall–Kier alpha value is -0.540. The highest BCUT2D eigenvalue weighted by Gasteiger charge is 2.06. The maximum atomic E-state index is 11.4. The summed E-state index contributed by atoms with van der Waals surface area (Å²) in [5.74, 6) is 0. The van der Waals surface area contributed by atoms with E-state index in [1.807, 2.05) is 43.5 Å². The van der Waals surface area contributed by atoms with Crippen molar-refractivity contribution in [2.75, 3.05) is 12.5 Å². The van der Waals surface area contributed by atoms with Gasteiger partial charge in [0.25, 0.3) is 0 Å². The molecule has 3 heteroatoms. The molecule has 0 amide bonds. The molecule has 0 aliphatic heterocycles. The van der Waals surface area contributed by atoms with Crippen LogP contribution < -0.4 is 0 Å². The van der Waals surface area contributed by atoms with Gasteiger partial charge in [-0.3, -0.25) is 4.21 Å². The zero-order valence-electron chi connectivity index (χ0n) is 8.61. The van der Waals surface area contributed by atoms with Gasteiger partial charge in [0, 0.05) is 6.26 Å². The maximum Gasteiger partial charge on any atom is 0.0745 e. The Bertz CT molecular complexity index is 355. The van der Waals surface area contributed by atoms with E-state index in [4.69, 9.17) is 0 Å². The van der Waals surface area contributed by atoms with Crippen LogP contribution in [0.1, 0.15) is 12.5 Å². The van der Waals surface area contributed by atoms with Crippen molar-refractivity contribution in [3.8, 4) is 0 Å². The summed E-state index contributed by atoms with van der Waals surface area (Å²) in [5.41, 5.74) is 2.26. The second-order valence-electron chi connectivity index (χ2n) is 2.94. The Morgan fingerprint density at radius 3 is 2.29 bits per heavy atom. The second kappa shape index (κ2) is 5.37. The minimum Gasteiger partial charge on any atom is -0.254 e. The minimum absolute atomic E-state index is 0.891. The summed E-state index contributed by atoms with van der Waals surface area (Å²) in [4.78, 5) is 0. The lowest BCUT2D eigenvalue weighted by molar-refractivity contribution is 0.691. The molecule has 1 rings (SSSR count). The molecule has 0 saturated heterocycles. The van der Waals surface area contributed by atoms with Crippen LogP contribution in [-0.2, 0) is 10.8 Å². The first-order chi connectivity index (χ1) is 6.66. The van der Waals surface area contributed by atoms with Crippen LogP contribution in [-0.4, -0.2) is 16.7 Å². The minimum atomic E-state index is -0.891. The lowest BCUT2D eigenvalue weighted by Gasteiger charge is -2.06. The van der Waals surface area contributed by atoms with Gasteiger partial charge in [0.15, 0.2) is 0 Å². The van der Waals surface area contributed by atoms with Gasteiger partial charge >= 0.3 is 0 Å². The van der Waals surface area contributed by atoms with E-state index in [0.717, 1.165) is 15.4 Å². The van der Waals surface area contributed by atoms with Gasteiger partial charge in [0.2, 0.25) is 0 Å². The van der Waals surface area contributed by atoms with E-state index >= 15 is 0 Å². The average molecular weight is 226 g/mol. The van der Waals surface area contributed by atoms with Crippen LogP contribution >= 0.6 is 11.8 Å². The molecule has 0 aliphatic carbocycles. The van der Waals surface area contributed by atoms with E-state index in [0.29, 0.717) is 0 Å². The third-order valence-electron chi connectivity index (χ3n) is 1.96. The summed E-state index contributed by atoms with van der Waals surface area (Å²) in [6.07, 6.45) is 3.68. The zero-order valence-corrected chi connectivity index (χ0v) is 10.2. The highest BCUT2D eigenvalue weighted by Crippen LogP contribution is 2.26. The molecule has 0 spiro atoms. The fourth-order valence-corrected chi connectivity index (χ4v) is 3.20. The lowest BCUT2D eigenvalue weighted by atomic mass is 10.1. The van der Waals surface area contributed by atoms with Crippen molar-refractivity contribution in [1.82, 2.24) is 0 Å². The van der Waals surface area contributed by atoms with Crippen molar-refractivity contribution < 1.29 is 4.21 Å². The smallest absolute Gasteiger partial charge is 0.0745 e. The molecule has 0 bridgehead atoms. The third-order valence-corrected chi connectivity index (χ3v) is 4.67. The van der Waals surface area contributed by atoms with Crippen molar-refractivity contribution in [2.45, 2.75) is 6.92 Å². The first kappa shape index (κ1) is 11.5. The normalized spacial score (nSPS) is 14.8. The molecule has 0 saturated carbocycles. The second-order valence-corrected chi connectivity index (χ2v) is 5.33. The maximum absolute atomic E-state index is 11.4. The molecule has 1 nitrogen and oxygen atoms in total. The van der Waals surface area contributed by atoms with Gasteiger partial charge in [-0.25, -0.2) is 0 Å². The first-order valence-corrected chi connectivity index (χ1v) is 7.08. The Morgan fingerprint density at radius 1 is 1.29 bits per heavy atom. The molecule has 0 heterocycles. The van der Waals surface area contributed by atoms with E-state index in [1.54, 1.807) is 18.0 Å². The summed E-state index contributed by atoms with van der Waals surface area (Å²) in [6, 6.07) is 10.1. The Balaban J connectivity index is 3.15. The summed E-state index contributed by atoms with van der Waals surface area (Å²) in [5, 5.41) is 0. The standard InChI is InChI=1S/C11H14OS2/c1-9(11(13-2)14(3)12)10-7-5-4-6-8-10/h4-8H,1-3H3/b11-9+. The van der Waals surface area contributed by atoms with Crippen LogP contribution in [0.2, 0.25) is 0 Å². The van der Waals surface area contributed by atoms with E-state index in [9.17, 15) is 4.21 Å².